The predicted molar refractivity (Wildman–Crippen MR) is 110 cm³/mol. The Balaban J connectivity index is 1.45. The van der Waals surface area contributed by atoms with Gasteiger partial charge in [-0.25, -0.2) is 0 Å². The predicted octanol–water partition coefficient (Wildman–Crippen LogP) is 5.62. The van der Waals surface area contributed by atoms with Gasteiger partial charge < -0.3 is 5.32 Å². The van der Waals surface area contributed by atoms with Gasteiger partial charge in [-0.15, -0.1) is 0 Å². The second-order valence-corrected chi connectivity index (χ2v) is 7.48. The number of carbonyl (C=O) groups is 1. The molecule has 0 aromatic heterocycles. The van der Waals surface area contributed by atoms with Gasteiger partial charge in [-0.05, 0) is 51.9 Å². The topological polar surface area (TPSA) is 41.5 Å². The number of amides is 1. The molecule has 0 aliphatic carbocycles. The number of nitrogens with one attached hydrogen (secondary N) is 1. The first kappa shape index (κ1) is 19.3. The number of thioether (sulfide) groups is 1. The van der Waals surface area contributed by atoms with Gasteiger partial charge in [0.2, 0.25) is 0 Å². The van der Waals surface area contributed by atoms with Crippen LogP contribution in [0.5, 0.6) is 0 Å². The van der Waals surface area contributed by atoms with Crippen LogP contribution in [0, 0.1) is 0 Å². The van der Waals surface area contributed by atoms with Crippen LogP contribution < -0.4 is 5.32 Å². The molecular formula is C22H15F3N2OS. The first-order chi connectivity index (χ1) is 13.9. The fourth-order valence-corrected chi connectivity index (χ4v) is 3.79. The van der Waals surface area contributed by atoms with Crippen LogP contribution >= 0.6 is 11.8 Å². The van der Waals surface area contributed by atoms with Gasteiger partial charge in [0.25, 0.3) is 5.91 Å². The maximum atomic E-state index is 12.6. The zero-order valence-electron chi connectivity index (χ0n) is 15.0. The van der Waals surface area contributed by atoms with Gasteiger partial charge in [-0.1, -0.05) is 54.6 Å². The van der Waals surface area contributed by atoms with E-state index < -0.39 is 11.7 Å². The number of hydrogen-bond acceptors (Lipinski definition) is 3. The molecule has 0 fully saturated rings. The van der Waals surface area contributed by atoms with E-state index >= 15 is 0 Å². The standard InChI is InChI=1S/C22H15F3N2OS/c23-22(24,25)17-10-8-14(9-11-17)13-26-21-27-20(28)19(29-21)12-16-6-3-5-15-4-1-2-7-18(15)16/h1-12H,13H2,(H,26,27,28)/b19-12-. The number of amidine groups is 1. The van der Waals surface area contributed by atoms with Crippen LogP contribution in [-0.2, 0) is 17.5 Å². The minimum absolute atomic E-state index is 0.277. The normalized spacial score (nSPS) is 15.8. The van der Waals surface area contributed by atoms with Crippen LogP contribution in [0.3, 0.4) is 0 Å². The van der Waals surface area contributed by atoms with Crippen molar-refractivity contribution in [3.63, 3.8) is 0 Å². The lowest BCUT2D eigenvalue weighted by Gasteiger charge is -2.08. The van der Waals surface area contributed by atoms with Crippen molar-refractivity contribution in [3.8, 4) is 0 Å². The molecule has 0 radical (unpaired) electrons. The van der Waals surface area contributed by atoms with E-state index in [-0.39, 0.29) is 12.5 Å². The Bertz CT molecular complexity index is 1130. The smallest absolute Gasteiger partial charge is 0.360 e. The molecule has 3 aromatic rings. The average Bonchev–Trinajstić information content (AvgIpc) is 3.06. The largest absolute Gasteiger partial charge is 0.416 e. The molecule has 1 N–H and O–H groups in total. The Morgan fingerprint density at radius 1 is 0.966 bits per heavy atom. The second-order valence-electron chi connectivity index (χ2n) is 6.45. The third-order valence-corrected chi connectivity index (χ3v) is 5.40. The number of alkyl halides is 3. The molecule has 3 nitrogen and oxygen atoms in total. The molecule has 0 saturated carbocycles. The van der Waals surface area contributed by atoms with Crippen LogP contribution in [0.15, 0.2) is 76.6 Å². The highest BCUT2D eigenvalue weighted by atomic mass is 32.2. The Kier molecular flexibility index (Phi) is 5.15. The number of fused-ring (bicyclic) bond motifs is 1. The maximum Gasteiger partial charge on any atom is 0.416 e. The Morgan fingerprint density at radius 3 is 2.45 bits per heavy atom. The Morgan fingerprint density at radius 2 is 1.69 bits per heavy atom. The van der Waals surface area contributed by atoms with E-state index in [9.17, 15) is 18.0 Å². The number of rotatable bonds is 3. The van der Waals surface area contributed by atoms with Gasteiger partial charge >= 0.3 is 6.18 Å². The SMILES string of the molecule is O=C1N=C(NCc2ccc(C(F)(F)F)cc2)S/C1=C\c1cccc2ccccc12. The van der Waals surface area contributed by atoms with E-state index in [1.54, 1.807) is 0 Å². The van der Waals surface area contributed by atoms with Crippen molar-refractivity contribution in [1.82, 2.24) is 5.32 Å². The van der Waals surface area contributed by atoms with E-state index in [1.165, 1.54) is 23.9 Å². The Labute approximate surface area is 169 Å². The van der Waals surface area contributed by atoms with Crippen LogP contribution in [0.25, 0.3) is 16.8 Å². The number of benzene rings is 3. The summed E-state index contributed by atoms with van der Waals surface area (Å²) in [5, 5.41) is 5.57. The lowest BCUT2D eigenvalue weighted by atomic mass is 10.0. The van der Waals surface area contributed by atoms with Crippen molar-refractivity contribution in [2.45, 2.75) is 12.7 Å². The molecule has 1 aliphatic heterocycles. The summed E-state index contributed by atoms with van der Waals surface area (Å²) in [5.41, 5.74) is 0.905. The number of nitrogens with zero attached hydrogens (tertiary/aromatic N) is 1. The lowest BCUT2D eigenvalue weighted by molar-refractivity contribution is -0.137. The van der Waals surface area contributed by atoms with Crippen molar-refractivity contribution < 1.29 is 18.0 Å². The summed E-state index contributed by atoms with van der Waals surface area (Å²) in [6.07, 6.45) is -2.54. The van der Waals surface area contributed by atoms with Crippen molar-refractivity contribution in [2.24, 2.45) is 4.99 Å². The monoisotopic (exact) mass is 412 g/mol. The molecule has 1 amide bonds. The molecule has 4 rings (SSSR count). The first-order valence-electron chi connectivity index (χ1n) is 8.80. The molecule has 0 spiro atoms. The molecule has 1 aliphatic rings. The van der Waals surface area contributed by atoms with E-state index in [4.69, 9.17) is 0 Å². The van der Waals surface area contributed by atoms with Gasteiger partial charge in [0.05, 0.1) is 10.5 Å². The number of carbonyl (C=O) groups excluding carboxylic acids is 1. The van der Waals surface area contributed by atoms with E-state index in [1.807, 2.05) is 48.5 Å². The van der Waals surface area contributed by atoms with Gasteiger partial charge in [-0.2, -0.15) is 18.2 Å². The zero-order valence-corrected chi connectivity index (χ0v) is 15.8. The third kappa shape index (κ3) is 4.35. The van der Waals surface area contributed by atoms with E-state index in [0.29, 0.717) is 15.6 Å². The highest BCUT2D eigenvalue weighted by molar-refractivity contribution is 8.18. The summed E-state index contributed by atoms with van der Waals surface area (Å²) in [5.74, 6) is -0.335. The molecule has 0 atom stereocenters. The van der Waals surface area contributed by atoms with Crippen molar-refractivity contribution >= 4 is 39.7 Å². The molecule has 146 valence electrons. The van der Waals surface area contributed by atoms with Gasteiger partial charge in [0, 0.05) is 6.54 Å². The van der Waals surface area contributed by atoms with Crippen molar-refractivity contribution in [2.75, 3.05) is 0 Å². The molecular weight excluding hydrogens is 397 g/mol. The fraction of sp³-hybridized carbons (Fsp3) is 0.0909. The van der Waals surface area contributed by atoms with Crippen molar-refractivity contribution in [1.29, 1.82) is 0 Å². The van der Waals surface area contributed by atoms with Gasteiger partial charge in [0.15, 0.2) is 5.17 Å². The van der Waals surface area contributed by atoms with E-state index in [0.717, 1.165) is 28.5 Å². The summed E-state index contributed by atoms with van der Waals surface area (Å²) in [4.78, 5) is 16.7. The highest BCUT2D eigenvalue weighted by Gasteiger charge is 2.30. The average molecular weight is 412 g/mol. The fourth-order valence-electron chi connectivity index (χ4n) is 2.99. The van der Waals surface area contributed by atoms with Crippen LogP contribution in [0.2, 0.25) is 0 Å². The molecule has 3 aromatic carbocycles. The van der Waals surface area contributed by atoms with Gasteiger partial charge in [0.1, 0.15) is 0 Å². The minimum atomic E-state index is -4.36. The van der Waals surface area contributed by atoms with Crippen LogP contribution in [0.4, 0.5) is 13.2 Å². The summed E-state index contributed by atoms with van der Waals surface area (Å²) < 4.78 is 37.9. The quantitative estimate of drug-likeness (QED) is 0.568. The second kappa shape index (κ2) is 7.75. The summed E-state index contributed by atoms with van der Waals surface area (Å²) in [6, 6.07) is 18.7. The first-order valence-corrected chi connectivity index (χ1v) is 9.62. The van der Waals surface area contributed by atoms with Crippen LogP contribution in [-0.4, -0.2) is 11.1 Å². The third-order valence-electron chi connectivity index (χ3n) is 4.46. The van der Waals surface area contributed by atoms with Crippen molar-refractivity contribution in [3.05, 3.63) is 88.3 Å². The molecule has 1 heterocycles. The molecule has 0 bridgehead atoms. The molecule has 0 unspecified atom stereocenters. The number of halogens is 3. The minimum Gasteiger partial charge on any atom is -0.360 e. The lowest BCUT2D eigenvalue weighted by Crippen LogP contribution is -2.18. The number of hydrogen-bond donors (Lipinski definition) is 1. The summed E-state index contributed by atoms with van der Waals surface area (Å²) in [7, 11) is 0. The van der Waals surface area contributed by atoms with Crippen LogP contribution in [0.1, 0.15) is 16.7 Å². The molecule has 0 saturated heterocycles. The number of aliphatic imine (C=N–C) groups is 1. The highest BCUT2D eigenvalue weighted by Crippen LogP contribution is 2.31. The maximum absolute atomic E-state index is 12.6. The molecule has 7 heteroatoms. The molecule has 29 heavy (non-hydrogen) atoms. The van der Waals surface area contributed by atoms with E-state index in [2.05, 4.69) is 10.3 Å². The Hall–Kier alpha value is -3.06. The van der Waals surface area contributed by atoms with Gasteiger partial charge in [-0.3, -0.25) is 4.79 Å². The zero-order chi connectivity index (χ0) is 20.4. The summed E-state index contributed by atoms with van der Waals surface area (Å²) in [6.45, 7) is 0.277. The summed E-state index contributed by atoms with van der Waals surface area (Å²) >= 11 is 1.22.